The molecule has 24 heavy (non-hydrogen) atoms. The zero-order valence-corrected chi connectivity index (χ0v) is 13.8. The summed E-state index contributed by atoms with van der Waals surface area (Å²) in [5.74, 6) is 3.28. The number of ether oxygens (including phenoxy) is 1. The van der Waals surface area contributed by atoms with Crippen LogP contribution < -0.4 is 9.64 Å². The highest BCUT2D eigenvalue weighted by atomic mass is 16.5. The first-order chi connectivity index (χ1) is 11.8. The van der Waals surface area contributed by atoms with Crippen LogP contribution >= 0.6 is 0 Å². The van der Waals surface area contributed by atoms with Crippen molar-refractivity contribution in [3.8, 4) is 5.75 Å². The van der Waals surface area contributed by atoms with Gasteiger partial charge in [-0.1, -0.05) is 18.2 Å². The zero-order chi connectivity index (χ0) is 16.4. The molecule has 1 atom stereocenters. The highest BCUT2D eigenvalue weighted by Gasteiger charge is 2.22. The van der Waals surface area contributed by atoms with E-state index in [1.807, 2.05) is 24.4 Å². The lowest BCUT2D eigenvalue weighted by molar-refractivity contribution is 0.145. The molecule has 2 aromatic rings. The second-order valence-corrected chi connectivity index (χ2v) is 6.74. The van der Waals surface area contributed by atoms with Gasteiger partial charge in [0.1, 0.15) is 17.4 Å². The van der Waals surface area contributed by atoms with E-state index in [0.717, 1.165) is 62.8 Å². The number of hydrogen-bond acceptors (Lipinski definition) is 5. The Labute approximate surface area is 142 Å². The largest absolute Gasteiger partial charge is 0.493 e. The SMILES string of the molecule is OC1CCN(c2ccnc(C[C@H]3COc4ccccc4C3)n2)CC1. The van der Waals surface area contributed by atoms with Gasteiger partial charge in [0, 0.05) is 31.6 Å². The summed E-state index contributed by atoms with van der Waals surface area (Å²) in [5.41, 5.74) is 1.27. The van der Waals surface area contributed by atoms with Gasteiger partial charge < -0.3 is 14.7 Å². The van der Waals surface area contributed by atoms with Crippen LogP contribution in [0.5, 0.6) is 5.75 Å². The minimum absolute atomic E-state index is 0.165. The third-order valence-corrected chi connectivity index (χ3v) is 4.91. The highest BCUT2D eigenvalue weighted by molar-refractivity contribution is 5.38. The predicted octanol–water partition coefficient (Wildman–Crippen LogP) is 2.23. The molecule has 2 aliphatic heterocycles. The van der Waals surface area contributed by atoms with Crippen LogP contribution in [0.25, 0.3) is 0 Å². The van der Waals surface area contributed by atoms with Gasteiger partial charge in [0.2, 0.25) is 0 Å². The number of rotatable bonds is 3. The van der Waals surface area contributed by atoms with Crippen LogP contribution in [-0.4, -0.2) is 40.9 Å². The monoisotopic (exact) mass is 325 g/mol. The normalized spacial score (nSPS) is 21.2. The molecule has 0 amide bonds. The van der Waals surface area contributed by atoms with Crippen LogP contribution in [0.2, 0.25) is 0 Å². The first kappa shape index (κ1) is 15.4. The number of anilines is 1. The summed E-state index contributed by atoms with van der Waals surface area (Å²) in [4.78, 5) is 11.4. The molecule has 1 N–H and O–H groups in total. The molecule has 5 nitrogen and oxygen atoms in total. The standard InChI is InChI=1S/C19H23N3O2/c23-16-6-9-22(10-7-16)19-5-8-20-18(21-19)12-14-11-15-3-1-2-4-17(15)24-13-14/h1-5,8,14,16,23H,6-7,9-13H2/t14-/m0/s1. The molecule has 126 valence electrons. The minimum Gasteiger partial charge on any atom is -0.493 e. The van der Waals surface area contributed by atoms with E-state index in [-0.39, 0.29) is 6.10 Å². The van der Waals surface area contributed by atoms with Gasteiger partial charge in [-0.15, -0.1) is 0 Å². The summed E-state index contributed by atoms with van der Waals surface area (Å²) in [5, 5.41) is 9.65. The quantitative estimate of drug-likeness (QED) is 0.938. The molecule has 0 radical (unpaired) electrons. The lowest BCUT2D eigenvalue weighted by atomic mass is 9.94. The Balaban J connectivity index is 1.43. The van der Waals surface area contributed by atoms with Gasteiger partial charge in [-0.3, -0.25) is 0 Å². The van der Waals surface area contributed by atoms with Crippen molar-refractivity contribution in [2.75, 3.05) is 24.6 Å². The lowest BCUT2D eigenvalue weighted by Crippen LogP contribution is -2.36. The molecule has 4 rings (SSSR count). The van der Waals surface area contributed by atoms with Crippen molar-refractivity contribution in [1.29, 1.82) is 0 Å². The average Bonchev–Trinajstić information content (AvgIpc) is 2.62. The maximum absolute atomic E-state index is 9.65. The second kappa shape index (κ2) is 6.77. The van der Waals surface area contributed by atoms with Gasteiger partial charge in [0.25, 0.3) is 0 Å². The number of aromatic nitrogens is 2. The van der Waals surface area contributed by atoms with Gasteiger partial charge in [-0.05, 0) is 37.0 Å². The van der Waals surface area contributed by atoms with Crippen molar-refractivity contribution < 1.29 is 9.84 Å². The number of fused-ring (bicyclic) bond motifs is 1. The van der Waals surface area contributed by atoms with Crippen LogP contribution in [0.1, 0.15) is 24.2 Å². The first-order valence-electron chi connectivity index (χ1n) is 8.73. The number of aliphatic hydroxyl groups is 1. The predicted molar refractivity (Wildman–Crippen MR) is 92.3 cm³/mol. The second-order valence-electron chi connectivity index (χ2n) is 6.74. The van der Waals surface area contributed by atoms with E-state index in [2.05, 4.69) is 22.0 Å². The molecule has 0 spiro atoms. The fourth-order valence-corrected chi connectivity index (χ4v) is 3.54. The first-order valence-corrected chi connectivity index (χ1v) is 8.73. The van der Waals surface area contributed by atoms with Crippen molar-refractivity contribution in [2.24, 2.45) is 5.92 Å². The number of benzene rings is 1. The van der Waals surface area contributed by atoms with E-state index < -0.39 is 0 Å². The third kappa shape index (κ3) is 3.36. The summed E-state index contributed by atoms with van der Waals surface area (Å²) in [6, 6.07) is 10.2. The van der Waals surface area contributed by atoms with Gasteiger partial charge in [-0.25, -0.2) is 9.97 Å². The Morgan fingerprint density at radius 3 is 2.88 bits per heavy atom. The average molecular weight is 325 g/mol. The van der Waals surface area contributed by atoms with E-state index >= 15 is 0 Å². The smallest absolute Gasteiger partial charge is 0.132 e. The molecule has 1 saturated heterocycles. The zero-order valence-electron chi connectivity index (χ0n) is 13.8. The van der Waals surface area contributed by atoms with Gasteiger partial charge in [0.15, 0.2) is 0 Å². The molecule has 1 fully saturated rings. The van der Waals surface area contributed by atoms with Crippen LogP contribution in [-0.2, 0) is 12.8 Å². The van der Waals surface area contributed by atoms with Crippen LogP contribution in [0.3, 0.4) is 0 Å². The number of hydrogen-bond donors (Lipinski definition) is 1. The van der Waals surface area contributed by atoms with Crippen molar-refractivity contribution in [3.63, 3.8) is 0 Å². The molecule has 5 heteroatoms. The van der Waals surface area contributed by atoms with Gasteiger partial charge in [-0.2, -0.15) is 0 Å². The Kier molecular flexibility index (Phi) is 4.34. The molecule has 0 unspecified atom stereocenters. The fourth-order valence-electron chi connectivity index (χ4n) is 3.54. The number of aliphatic hydroxyl groups excluding tert-OH is 1. The van der Waals surface area contributed by atoms with Gasteiger partial charge in [0.05, 0.1) is 12.7 Å². The molecule has 0 aliphatic carbocycles. The van der Waals surface area contributed by atoms with Gasteiger partial charge >= 0.3 is 0 Å². The summed E-state index contributed by atoms with van der Waals surface area (Å²) in [6.07, 6.45) is 5.15. The third-order valence-electron chi connectivity index (χ3n) is 4.91. The number of nitrogens with zero attached hydrogens (tertiary/aromatic N) is 3. The molecular formula is C19H23N3O2. The topological polar surface area (TPSA) is 58.5 Å². The molecule has 1 aromatic carbocycles. The Hall–Kier alpha value is -2.14. The summed E-state index contributed by atoms with van der Waals surface area (Å²) >= 11 is 0. The van der Waals surface area contributed by atoms with Crippen molar-refractivity contribution >= 4 is 5.82 Å². The molecule has 1 aromatic heterocycles. The Morgan fingerprint density at radius 2 is 2.00 bits per heavy atom. The summed E-state index contributed by atoms with van der Waals surface area (Å²) in [7, 11) is 0. The lowest BCUT2D eigenvalue weighted by Gasteiger charge is -2.30. The van der Waals surface area contributed by atoms with E-state index in [9.17, 15) is 5.11 Å². The molecule has 0 bridgehead atoms. The number of piperidine rings is 1. The van der Waals surface area contributed by atoms with Crippen molar-refractivity contribution in [2.45, 2.75) is 31.8 Å². The Morgan fingerprint density at radius 1 is 1.17 bits per heavy atom. The van der Waals surface area contributed by atoms with Crippen LogP contribution in [0, 0.1) is 5.92 Å². The van der Waals surface area contributed by atoms with Crippen molar-refractivity contribution in [1.82, 2.24) is 9.97 Å². The molecule has 2 aliphatic rings. The fraction of sp³-hybridized carbons (Fsp3) is 0.474. The maximum atomic E-state index is 9.65. The van der Waals surface area contributed by atoms with E-state index in [0.29, 0.717) is 5.92 Å². The van der Waals surface area contributed by atoms with E-state index in [1.165, 1.54) is 5.56 Å². The molecule has 0 saturated carbocycles. The number of para-hydroxylation sites is 1. The van der Waals surface area contributed by atoms with Crippen LogP contribution in [0.4, 0.5) is 5.82 Å². The minimum atomic E-state index is -0.165. The van der Waals surface area contributed by atoms with Crippen molar-refractivity contribution in [3.05, 3.63) is 47.9 Å². The van der Waals surface area contributed by atoms with E-state index in [1.54, 1.807) is 0 Å². The highest BCUT2D eigenvalue weighted by Crippen LogP contribution is 2.28. The Bertz CT molecular complexity index is 699. The maximum Gasteiger partial charge on any atom is 0.132 e. The summed E-state index contributed by atoms with van der Waals surface area (Å²) < 4.78 is 5.87. The molecule has 3 heterocycles. The molecular weight excluding hydrogens is 302 g/mol. The summed E-state index contributed by atoms with van der Waals surface area (Å²) in [6.45, 7) is 2.44. The van der Waals surface area contributed by atoms with Crippen LogP contribution in [0.15, 0.2) is 36.5 Å². The van der Waals surface area contributed by atoms with E-state index in [4.69, 9.17) is 9.72 Å².